The summed E-state index contributed by atoms with van der Waals surface area (Å²) in [4.78, 5) is 25.8. The molecule has 0 radical (unpaired) electrons. The molecule has 2 aromatic rings. The smallest absolute Gasteiger partial charge is 0.387 e. The Bertz CT molecular complexity index is 828. The van der Waals surface area contributed by atoms with Crippen molar-refractivity contribution in [3.63, 3.8) is 0 Å². The van der Waals surface area contributed by atoms with Crippen molar-refractivity contribution >= 4 is 17.5 Å². The molecule has 150 valence electrons. The number of hydrogen-bond donors (Lipinski definition) is 1. The third kappa shape index (κ3) is 5.57. The van der Waals surface area contributed by atoms with Gasteiger partial charge in [0.15, 0.2) is 11.5 Å². The molecule has 0 bridgehead atoms. The van der Waals surface area contributed by atoms with Gasteiger partial charge >= 0.3 is 6.61 Å². The molecule has 0 spiro atoms. The first-order chi connectivity index (χ1) is 13.3. The van der Waals surface area contributed by atoms with Gasteiger partial charge < -0.3 is 24.4 Å². The Morgan fingerprint density at radius 2 is 1.71 bits per heavy atom. The fraction of sp³-hybridized carbons (Fsp3) is 0.263. The van der Waals surface area contributed by atoms with E-state index in [0.29, 0.717) is 11.4 Å². The Morgan fingerprint density at radius 1 is 1.04 bits per heavy atom. The van der Waals surface area contributed by atoms with Gasteiger partial charge in [-0.05, 0) is 42.5 Å². The molecule has 0 aromatic heterocycles. The molecule has 0 atom stereocenters. The molecule has 2 rings (SSSR count). The second kappa shape index (κ2) is 9.54. The molecule has 0 heterocycles. The zero-order chi connectivity index (χ0) is 20.7. The number of anilines is 1. The number of hydrogen-bond acceptors (Lipinski definition) is 5. The van der Waals surface area contributed by atoms with Crippen molar-refractivity contribution in [1.29, 1.82) is 0 Å². The minimum atomic E-state index is -3.01. The number of alkyl halides is 2. The summed E-state index contributed by atoms with van der Waals surface area (Å²) in [5, 5.41) is 2.67. The monoisotopic (exact) mass is 394 g/mol. The van der Waals surface area contributed by atoms with Gasteiger partial charge in [-0.3, -0.25) is 9.59 Å². The fourth-order valence-corrected chi connectivity index (χ4v) is 2.38. The maximum atomic E-state index is 12.5. The normalized spacial score (nSPS) is 10.4. The number of benzene rings is 2. The van der Waals surface area contributed by atoms with E-state index in [4.69, 9.17) is 9.47 Å². The van der Waals surface area contributed by atoms with Crippen molar-refractivity contribution < 1.29 is 32.6 Å². The van der Waals surface area contributed by atoms with E-state index in [1.807, 2.05) is 0 Å². The average molecular weight is 394 g/mol. The van der Waals surface area contributed by atoms with E-state index in [2.05, 4.69) is 10.1 Å². The van der Waals surface area contributed by atoms with Gasteiger partial charge in [0.1, 0.15) is 5.75 Å². The lowest BCUT2D eigenvalue weighted by atomic mass is 10.1. The first-order valence-corrected chi connectivity index (χ1v) is 8.16. The largest absolute Gasteiger partial charge is 0.497 e. The molecule has 28 heavy (non-hydrogen) atoms. The molecular formula is C19H20F2N2O5. The third-order valence-electron chi connectivity index (χ3n) is 3.73. The Balaban J connectivity index is 2.01. The summed E-state index contributed by atoms with van der Waals surface area (Å²) < 4.78 is 39.1. The zero-order valence-corrected chi connectivity index (χ0v) is 15.6. The molecule has 0 aliphatic heterocycles. The second-order valence-electron chi connectivity index (χ2n) is 5.68. The Kier molecular flexibility index (Phi) is 7.14. The second-order valence-corrected chi connectivity index (χ2v) is 5.68. The number of methoxy groups -OCH3 is 2. The van der Waals surface area contributed by atoms with Crippen LogP contribution in [0.25, 0.3) is 0 Å². The van der Waals surface area contributed by atoms with Crippen molar-refractivity contribution in [2.24, 2.45) is 0 Å². The van der Waals surface area contributed by atoms with E-state index in [1.54, 1.807) is 24.3 Å². The topological polar surface area (TPSA) is 77.1 Å². The van der Waals surface area contributed by atoms with Crippen LogP contribution in [0.15, 0.2) is 42.5 Å². The number of likely N-dealkylation sites (N-methyl/N-ethyl adjacent to an activating group) is 1. The standard InChI is InChI=1S/C19H20F2N2O5/c1-23(11-17(24)22-13-5-7-14(26-2)8-6-13)18(25)12-4-9-15(28-19(20)21)16(10-12)27-3/h4-10,19H,11H2,1-3H3,(H,22,24). The summed E-state index contributed by atoms with van der Waals surface area (Å²) in [5.41, 5.74) is 0.722. The van der Waals surface area contributed by atoms with Crippen LogP contribution in [0.1, 0.15) is 10.4 Å². The highest BCUT2D eigenvalue weighted by atomic mass is 19.3. The van der Waals surface area contributed by atoms with Crippen LogP contribution in [0, 0.1) is 0 Å². The number of nitrogens with zero attached hydrogens (tertiary/aromatic N) is 1. The number of rotatable bonds is 8. The van der Waals surface area contributed by atoms with E-state index in [1.165, 1.54) is 44.4 Å². The van der Waals surface area contributed by atoms with Gasteiger partial charge in [-0.15, -0.1) is 0 Å². The summed E-state index contributed by atoms with van der Waals surface area (Å²) in [6.45, 7) is -3.22. The van der Waals surface area contributed by atoms with E-state index < -0.39 is 18.4 Å². The highest BCUT2D eigenvalue weighted by molar-refractivity contribution is 5.99. The van der Waals surface area contributed by atoms with E-state index in [9.17, 15) is 18.4 Å². The molecule has 0 aliphatic rings. The fourth-order valence-electron chi connectivity index (χ4n) is 2.38. The highest BCUT2D eigenvalue weighted by Crippen LogP contribution is 2.29. The Morgan fingerprint density at radius 3 is 2.29 bits per heavy atom. The third-order valence-corrected chi connectivity index (χ3v) is 3.73. The van der Waals surface area contributed by atoms with Gasteiger partial charge in [0.2, 0.25) is 5.91 Å². The maximum Gasteiger partial charge on any atom is 0.387 e. The van der Waals surface area contributed by atoms with Crippen LogP contribution < -0.4 is 19.5 Å². The molecular weight excluding hydrogens is 374 g/mol. The van der Waals surface area contributed by atoms with Gasteiger partial charge in [0.05, 0.1) is 20.8 Å². The van der Waals surface area contributed by atoms with Crippen LogP contribution >= 0.6 is 0 Å². The molecule has 2 amide bonds. The molecule has 0 fully saturated rings. The number of halogens is 2. The maximum absolute atomic E-state index is 12.5. The van der Waals surface area contributed by atoms with E-state index in [0.717, 1.165) is 0 Å². The van der Waals surface area contributed by atoms with Gasteiger partial charge in [0.25, 0.3) is 5.91 Å². The predicted molar refractivity (Wildman–Crippen MR) is 98.2 cm³/mol. The van der Waals surface area contributed by atoms with E-state index >= 15 is 0 Å². The molecule has 0 saturated carbocycles. The number of amides is 2. The predicted octanol–water partition coefficient (Wildman–Crippen LogP) is 3.02. The summed E-state index contributed by atoms with van der Waals surface area (Å²) in [5.74, 6) is -0.424. The summed E-state index contributed by atoms with van der Waals surface area (Å²) in [6.07, 6.45) is 0. The van der Waals surface area contributed by atoms with Crippen LogP contribution in [0.3, 0.4) is 0 Å². The van der Waals surface area contributed by atoms with Crippen LogP contribution in [0.5, 0.6) is 17.2 Å². The van der Waals surface area contributed by atoms with Crippen molar-refractivity contribution in [3.8, 4) is 17.2 Å². The molecule has 0 aliphatic carbocycles. The summed E-state index contributed by atoms with van der Waals surface area (Å²) in [7, 11) is 4.26. The first-order valence-electron chi connectivity index (χ1n) is 8.16. The lowest BCUT2D eigenvalue weighted by molar-refractivity contribution is -0.116. The lowest BCUT2D eigenvalue weighted by Crippen LogP contribution is -2.34. The molecule has 9 heteroatoms. The van der Waals surface area contributed by atoms with Crippen LogP contribution in [-0.2, 0) is 4.79 Å². The number of nitrogens with one attached hydrogen (secondary N) is 1. The number of ether oxygens (including phenoxy) is 3. The molecule has 7 nitrogen and oxygen atoms in total. The summed E-state index contributed by atoms with van der Waals surface area (Å²) in [6, 6.07) is 10.5. The Labute approximate surface area is 160 Å². The Hall–Kier alpha value is -3.36. The minimum absolute atomic E-state index is 0.0118. The number of carbonyl (C=O) groups excluding carboxylic acids is 2. The number of carbonyl (C=O) groups is 2. The minimum Gasteiger partial charge on any atom is -0.497 e. The van der Waals surface area contributed by atoms with Gasteiger partial charge in [0, 0.05) is 18.3 Å². The van der Waals surface area contributed by atoms with Crippen LogP contribution in [0.2, 0.25) is 0 Å². The van der Waals surface area contributed by atoms with Crippen molar-refractivity contribution in [3.05, 3.63) is 48.0 Å². The molecule has 0 unspecified atom stereocenters. The zero-order valence-electron chi connectivity index (χ0n) is 15.6. The average Bonchev–Trinajstić information content (AvgIpc) is 2.67. The quantitative estimate of drug-likeness (QED) is 0.745. The van der Waals surface area contributed by atoms with Crippen molar-refractivity contribution in [2.75, 3.05) is 33.1 Å². The van der Waals surface area contributed by atoms with Crippen LogP contribution in [0.4, 0.5) is 14.5 Å². The van der Waals surface area contributed by atoms with Crippen LogP contribution in [-0.4, -0.2) is 51.1 Å². The molecule has 0 saturated heterocycles. The SMILES string of the molecule is COc1ccc(NC(=O)CN(C)C(=O)c2ccc(OC(F)F)c(OC)c2)cc1. The first kappa shape index (κ1) is 20.9. The lowest BCUT2D eigenvalue weighted by Gasteiger charge is -2.18. The van der Waals surface area contributed by atoms with Crippen molar-refractivity contribution in [1.82, 2.24) is 4.90 Å². The van der Waals surface area contributed by atoms with E-state index in [-0.39, 0.29) is 23.6 Å². The summed E-state index contributed by atoms with van der Waals surface area (Å²) >= 11 is 0. The highest BCUT2D eigenvalue weighted by Gasteiger charge is 2.18. The molecule has 2 aromatic carbocycles. The molecule has 1 N–H and O–H groups in total. The van der Waals surface area contributed by atoms with Crippen molar-refractivity contribution in [2.45, 2.75) is 6.61 Å². The van der Waals surface area contributed by atoms with Gasteiger partial charge in [-0.25, -0.2) is 0 Å². The van der Waals surface area contributed by atoms with Gasteiger partial charge in [-0.1, -0.05) is 0 Å². The van der Waals surface area contributed by atoms with Gasteiger partial charge in [-0.2, -0.15) is 8.78 Å².